The van der Waals surface area contributed by atoms with E-state index in [1.54, 1.807) is 0 Å². The van der Waals surface area contributed by atoms with Gasteiger partial charge >= 0.3 is 0 Å². The molecule has 1 unspecified atom stereocenters. The maximum atomic E-state index is 5.99. The lowest BCUT2D eigenvalue weighted by Crippen LogP contribution is -2.43. The summed E-state index contributed by atoms with van der Waals surface area (Å²) in [5.74, 6) is 0. The number of anilines is 3. The molecule has 1 aliphatic heterocycles. The van der Waals surface area contributed by atoms with Gasteiger partial charge < -0.3 is 21.5 Å². The van der Waals surface area contributed by atoms with Gasteiger partial charge in [-0.1, -0.05) is 13.8 Å². The fourth-order valence-corrected chi connectivity index (χ4v) is 2.79. The van der Waals surface area contributed by atoms with E-state index in [4.69, 9.17) is 16.2 Å². The Hall–Kier alpha value is -1.42. The molecule has 2 rings (SSSR count). The van der Waals surface area contributed by atoms with E-state index >= 15 is 0 Å². The molecule has 4 heteroatoms. The molecule has 4 nitrogen and oxygen atoms in total. The van der Waals surface area contributed by atoms with Crippen molar-refractivity contribution >= 4 is 17.1 Å². The Morgan fingerprint density at radius 3 is 2.63 bits per heavy atom. The van der Waals surface area contributed by atoms with Crippen molar-refractivity contribution < 1.29 is 4.74 Å². The van der Waals surface area contributed by atoms with Gasteiger partial charge in [0.05, 0.1) is 17.0 Å². The van der Waals surface area contributed by atoms with Gasteiger partial charge in [-0.3, -0.25) is 0 Å². The number of nitrogens with two attached hydrogens (primary N) is 2. The molecular weight excluding hydrogens is 238 g/mol. The standard InChI is InChI=1S/C15H25N3O/c1-3-15(4-2)10-12(7-8-19-15)18-11-5-6-13(16)14(17)9-11/h5-6,9,12,18H,3-4,7-8,10,16-17H2,1-2H3. The van der Waals surface area contributed by atoms with Gasteiger partial charge in [0.2, 0.25) is 0 Å². The third-order valence-corrected chi connectivity index (χ3v) is 4.24. The summed E-state index contributed by atoms with van der Waals surface area (Å²) in [5.41, 5.74) is 13.9. The van der Waals surface area contributed by atoms with Gasteiger partial charge in [0.15, 0.2) is 0 Å². The molecule has 19 heavy (non-hydrogen) atoms. The number of hydrogen-bond donors (Lipinski definition) is 3. The van der Waals surface area contributed by atoms with Crippen molar-refractivity contribution in [2.24, 2.45) is 0 Å². The SMILES string of the molecule is CCC1(CC)CC(Nc2ccc(N)c(N)c2)CCO1. The zero-order valence-electron chi connectivity index (χ0n) is 11.9. The van der Waals surface area contributed by atoms with Crippen LogP contribution in [0, 0.1) is 0 Å². The highest BCUT2D eigenvalue weighted by atomic mass is 16.5. The Morgan fingerprint density at radius 2 is 2.00 bits per heavy atom. The predicted molar refractivity (Wildman–Crippen MR) is 81.2 cm³/mol. The largest absolute Gasteiger partial charge is 0.397 e. The smallest absolute Gasteiger partial charge is 0.0696 e. The Bertz CT molecular complexity index is 429. The molecule has 0 radical (unpaired) electrons. The number of ether oxygens (including phenoxy) is 1. The highest BCUT2D eigenvalue weighted by Gasteiger charge is 2.34. The average Bonchev–Trinajstić information content (AvgIpc) is 2.43. The first-order valence-corrected chi connectivity index (χ1v) is 7.14. The lowest BCUT2D eigenvalue weighted by atomic mass is 9.86. The third-order valence-electron chi connectivity index (χ3n) is 4.24. The minimum Gasteiger partial charge on any atom is -0.397 e. The average molecular weight is 263 g/mol. The lowest BCUT2D eigenvalue weighted by Gasteiger charge is -2.40. The van der Waals surface area contributed by atoms with Crippen LogP contribution in [0.15, 0.2) is 18.2 Å². The normalized spacial score (nSPS) is 22.1. The van der Waals surface area contributed by atoms with Crippen molar-refractivity contribution in [2.75, 3.05) is 23.4 Å². The molecule has 0 amide bonds. The van der Waals surface area contributed by atoms with Gasteiger partial charge in [0, 0.05) is 18.3 Å². The summed E-state index contributed by atoms with van der Waals surface area (Å²) in [6.45, 7) is 5.23. The first kappa shape index (κ1) is 14.0. The highest BCUT2D eigenvalue weighted by molar-refractivity contribution is 5.69. The fraction of sp³-hybridized carbons (Fsp3) is 0.600. The summed E-state index contributed by atoms with van der Waals surface area (Å²) in [5, 5.41) is 3.56. The van der Waals surface area contributed by atoms with Gasteiger partial charge in [-0.2, -0.15) is 0 Å². The molecule has 0 spiro atoms. The second kappa shape index (κ2) is 5.70. The molecule has 0 saturated carbocycles. The molecule has 1 aromatic carbocycles. The highest BCUT2D eigenvalue weighted by Crippen LogP contribution is 2.33. The minimum atomic E-state index is 0.0370. The molecule has 1 aromatic rings. The van der Waals surface area contributed by atoms with Crippen LogP contribution in [0.2, 0.25) is 0 Å². The molecule has 5 N–H and O–H groups in total. The maximum absolute atomic E-state index is 5.99. The summed E-state index contributed by atoms with van der Waals surface area (Å²) in [7, 11) is 0. The summed E-state index contributed by atoms with van der Waals surface area (Å²) in [6, 6.07) is 6.19. The van der Waals surface area contributed by atoms with Crippen molar-refractivity contribution in [3.63, 3.8) is 0 Å². The van der Waals surface area contributed by atoms with Gasteiger partial charge in [0.1, 0.15) is 0 Å². The second-order valence-electron chi connectivity index (χ2n) is 5.42. The monoisotopic (exact) mass is 263 g/mol. The van der Waals surface area contributed by atoms with Crippen LogP contribution in [-0.4, -0.2) is 18.2 Å². The van der Waals surface area contributed by atoms with E-state index in [0.29, 0.717) is 17.4 Å². The van der Waals surface area contributed by atoms with Gasteiger partial charge in [-0.05, 0) is 43.9 Å². The van der Waals surface area contributed by atoms with Crippen LogP contribution in [0.5, 0.6) is 0 Å². The van der Waals surface area contributed by atoms with Crippen LogP contribution in [0.3, 0.4) is 0 Å². The Kier molecular flexibility index (Phi) is 4.20. The molecule has 1 aliphatic rings. The molecule has 1 heterocycles. The first-order valence-electron chi connectivity index (χ1n) is 7.14. The van der Waals surface area contributed by atoms with E-state index in [0.717, 1.165) is 38.0 Å². The van der Waals surface area contributed by atoms with Gasteiger partial charge in [0.25, 0.3) is 0 Å². The van der Waals surface area contributed by atoms with E-state index in [9.17, 15) is 0 Å². The fourth-order valence-electron chi connectivity index (χ4n) is 2.79. The Labute approximate surface area is 115 Å². The molecule has 1 atom stereocenters. The summed E-state index contributed by atoms with van der Waals surface area (Å²) < 4.78 is 5.99. The van der Waals surface area contributed by atoms with E-state index in [1.165, 1.54) is 0 Å². The third kappa shape index (κ3) is 3.13. The van der Waals surface area contributed by atoms with Crippen molar-refractivity contribution in [2.45, 2.75) is 51.2 Å². The predicted octanol–water partition coefficient (Wildman–Crippen LogP) is 3.00. The van der Waals surface area contributed by atoms with Crippen molar-refractivity contribution in [3.8, 4) is 0 Å². The van der Waals surface area contributed by atoms with Crippen molar-refractivity contribution in [3.05, 3.63) is 18.2 Å². The zero-order valence-corrected chi connectivity index (χ0v) is 11.9. The zero-order chi connectivity index (χ0) is 13.9. The number of hydrogen-bond acceptors (Lipinski definition) is 4. The van der Waals surface area contributed by atoms with E-state index in [2.05, 4.69) is 19.2 Å². The minimum absolute atomic E-state index is 0.0370. The Balaban J connectivity index is 2.04. The first-order chi connectivity index (χ1) is 9.08. The van der Waals surface area contributed by atoms with Crippen LogP contribution in [-0.2, 0) is 4.74 Å². The van der Waals surface area contributed by atoms with Crippen LogP contribution in [0.25, 0.3) is 0 Å². The molecule has 106 valence electrons. The van der Waals surface area contributed by atoms with Crippen LogP contribution in [0.4, 0.5) is 17.1 Å². The number of rotatable bonds is 4. The van der Waals surface area contributed by atoms with Crippen LogP contribution in [0.1, 0.15) is 39.5 Å². The van der Waals surface area contributed by atoms with E-state index in [-0.39, 0.29) is 5.60 Å². The number of benzene rings is 1. The number of nitrogen functional groups attached to an aromatic ring is 2. The topological polar surface area (TPSA) is 73.3 Å². The molecule has 0 aromatic heterocycles. The van der Waals surface area contributed by atoms with E-state index in [1.807, 2.05) is 18.2 Å². The molecule has 0 bridgehead atoms. The molecule has 0 aliphatic carbocycles. The van der Waals surface area contributed by atoms with Crippen molar-refractivity contribution in [1.82, 2.24) is 0 Å². The van der Waals surface area contributed by atoms with Crippen molar-refractivity contribution in [1.29, 1.82) is 0 Å². The molecule has 1 saturated heterocycles. The summed E-state index contributed by atoms with van der Waals surface area (Å²) >= 11 is 0. The lowest BCUT2D eigenvalue weighted by molar-refractivity contribution is -0.0864. The quantitative estimate of drug-likeness (QED) is 0.730. The van der Waals surface area contributed by atoms with Crippen LogP contribution >= 0.6 is 0 Å². The molecule has 1 fully saturated rings. The Morgan fingerprint density at radius 1 is 1.26 bits per heavy atom. The molecular formula is C15H25N3O. The van der Waals surface area contributed by atoms with E-state index < -0.39 is 0 Å². The number of nitrogens with one attached hydrogen (secondary N) is 1. The summed E-state index contributed by atoms with van der Waals surface area (Å²) in [4.78, 5) is 0. The second-order valence-corrected chi connectivity index (χ2v) is 5.42. The van der Waals surface area contributed by atoms with Gasteiger partial charge in [-0.15, -0.1) is 0 Å². The van der Waals surface area contributed by atoms with Gasteiger partial charge in [-0.25, -0.2) is 0 Å². The maximum Gasteiger partial charge on any atom is 0.0696 e. The summed E-state index contributed by atoms with van der Waals surface area (Å²) in [6.07, 6.45) is 4.20. The van der Waals surface area contributed by atoms with Crippen LogP contribution < -0.4 is 16.8 Å².